The summed E-state index contributed by atoms with van der Waals surface area (Å²) in [6, 6.07) is 5.36. The lowest BCUT2D eigenvalue weighted by atomic mass is 9.93. The van der Waals surface area contributed by atoms with Crippen LogP contribution in [0.4, 0.5) is 0 Å². The molecule has 0 saturated heterocycles. The van der Waals surface area contributed by atoms with Gasteiger partial charge in [0.15, 0.2) is 11.5 Å². The van der Waals surface area contributed by atoms with E-state index >= 15 is 0 Å². The molecule has 0 bridgehead atoms. The third-order valence-corrected chi connectivity index (χ3v) is 4.01. The van der Waals surface area contributed by atoms with Gasteiger partial charge in [0.2, 0.25) is 0 Å². The topological polar surface area (TPSA) is 55.8 Å². The van der Waals surface area contributed by atoms with Crippen LogP contribution in [-0.2, 0) is 4.79 Å². The Morgan fingerprint density at radius 3 is 2.43 bits per heavy atom. The van der Waals surface area contributed by atoms with Gasteiger partial charge in [-0.05, 0) is 25.0 Å². The Bertz CT molecular complexity index is 531. The number of benzene rings is 1. The van der Waals surface area contributed by atoms with E-state index < -0.39 is 0 Å². The van der Waals surface area contributed by atoms with Crippen LogP contribution in [0.1, 0.15) is 36.0 Å². The second-order valence-electron chi connectivity index (χ2n) is 5.23. The lowest BCUT2D eigenvalue weighted by molar-refractivity contribution is -0.121. The number of hydrogen-bond donors (Lipinski definition) is 0. The van der Waals surface area contributed by atoms with Crippen molar-refractivity contribution in [2.24, 2.45) is 0 Å². The van der Waals surface area contributed by atoms with Gasteiger partial charge < -0.3 is 14.4 Å². The summed E-state index contributed by atoms with van der Waals surface area (Å²) in [5.74, 6) is 1.16. The van der Waals surface area contributed by atoms with E-state index in [4.69, 9.17) is 9.47 Å². The fraction of sp³-hybridized carbons (Fsp3) is 0.500. The Hall–Kier alpha value is -2.04. The zero-order valence-corrected chi connectivity index (χ0v) is 12.7. The summed E-state index contributed by atoms with van der Waals surface area (Å²) in [5.41, 5.74) is 0.483. The van der Waals surface area contributed by atoms with E-state index in [2.05, 4.69) is 0 Å². The molecule has 5 nitrogen and oxygen atoms in total. The summed E-state index contributed by atoms with van der Waals surface area (Å²) < 4.78 is 10.5. The maximum Gasteiger partial charge on any atom is 0.257 e. The van der Waals surface area contributed by atoms with Crippen molar-refractivity contribution in [2.45, 2.75) is 31.7 Å². The molecule has 1 aromatic carbocycles. The molecular formula is C16H21NO4. The smallest absolute Gasteiger partial charge is 0.257 e. The fourth-order valence-electron chi connectivity index (χ4n) is 2.72. The Morgan fingerprint density at radius 1 is 1.19 bits per heavy atom. The molecule has 0 radical (unpaired) electrons. The highest BCUT2D eigenvalue weighted by Gasteiger charge is 2.28. The van der Waals surface area contributed by atoms with E-state index in [-0.39, 0.29) is 17.7 Å². The van der Waals surface area contributed by atoms with Crippen molar-refractivity contribution in [3.63, 3.8) is 0 Å². The molecule has 0 spiro atoms. The summed E-state index contributed by atoms with van der Waals surface area (Å²) in [7, 11) is 4.85. The van der Waals surface area contributed by atoms with Crippen LogP contribution in [0, 0.1) is 0 Å². The average Bonchev–Trinajstić information content (AvgIpc) is 2.53. The maximum atomic E-state index is 12.7. The van der Waals surface area contributed by atoms with Crippen molar-refractivity contribution in [3.8, 4) is 11.5 Å². The van der Waals surface area contributed by atoms with E-state index in [1.165, 1.54) is 7.11 Å². The molecule has 1 aromatic rings. The Kier molecular flexibility index (Phi) is 4.83. The van der Waals surface area contributed by atoms with Crippen LogP contribution in [0.3, 0.4) is 0 Å². The zero-order chi connectivity index (χ0) is 15.4. The van der Waals surface area contributed by atoms with Gasteiger partial charge in [0, 0.05) is 25.9 Å². The van der Waals surface area contributed by atoms with Crippen LogP contribution in [0.2, 0.25) is 0 Å². The second kappa shape index (κ2) is 6.61. The second-order valence-corrected chi connectivity index (χ2v) is 5.23. The molecule has 1 aliphatic rings. The quantitative estimate of drug-likeness (QED) is 0.854. The molecule has 0 unspecified atom stereocenters. The number of rotatable bonds is 4. The molecule has 0 atom stereocenters. The van der Waals surface area contributed by atoms with Crippen LogP contribution in [-0.4, -0.2) is 43.9 Å². The summed E-state index contributed by atoms with van der Waals surface area (Å²) >= 11 is 0. The van der Waals surface area contributed by atoms with Gasteiger partial charge in [-0.15, -0.1) is 0 Å². The van der Waals surface area contributed by atoms with Gasteiger partial charge in [-0.25, -0.2) is 0 Å². The molecule has 0 aliphatic heterocycles. The van der Waals surface area contributed by atoms with Gasteiger partial charge in [-0.3, -0.25) is 9.59 Å². The fourth-order valence-corrected chi connectivity index (χ4v) is 2.72. The Balaban J connectivity index is 2.21. The van der Waals surface area contributed by atoms with Gasteiger partial charge in [0.05, 0.1) is 19.8 Å². The van der Waals surface area contributed by atoms with E-state index in [1.54, 1.807) is 37.3 Å². The van der Waals surface area contributed by atoms with Crippen molar-refractivity contribution >= 4 is 11.7 Å². The number of ketones is 1. The molecule has 1 fully saturated rings. The van der Waals surface area contributed by atoms with Crippen molar-refractivity contribution in [1.29, 1.82) is 0 Å². The molecule has 1 amide bonds. The van der Waals surface area contributed by atoms with E-state index in [0.29, 0.717) is 29.9 Å². The zero-order valence-electron chi connectivity index (χ0n) is 12.7. The number of hydrogen-bond acceptors (Lipinski definition) is 4. The first kappa shape index (κ1) is 15.4. The van der Waals surface area contributed by atoms with Crippen LogP contribution >= 0.6 is 0 Å². The van der Waals surface area contributed by atoms with Crippen molar-refractivity contribution < 1.29 is 19.1 Å². The lowest BCUT2D eigenvalue weighted by Crippen LogP contribution is -2.39. The minimum atomic E-state index is -0.106. The number of ether oxygens (including phenoxy) is 2. The van der Waals surface area contributed by atoms with Crippen molar-refractivity contribution in [3.05, 3.63) is 23.8 Å². The minimum absolute atomic E-state index is 0.103. The van der Waals surface area contributed by atoms with Crippen molar-refractivity contribution in [1.82, 2.24) is 4.90 Å². The number of carbonyl (C=O) groups is 2. The van der Waals surface area contributed by atoms with Gasteiger partial charge in [0.25, 0.3) is 5.91 Å². The standard InChI is InChI=1S/C16H21NO4/c1-17(11-7-9-12(18)10-8-11)16(19)13-5-4-6-14(20-2)15(13)21-3/h4-6,11H,7-10H2,1-3H3. The molecule has 114 valence electrons. The average molecular weight is 291 g/mol. The van der Waals surface area contributed by atoms with Gasteiger partial charge in [0.1, 0.15) is 5.78 Å². The predicted octanol–water partition coefficient (Wildman–Crippen LogP) is 2.29. The molecule has 1 saturated carbocycles. The normalized spacial score (nSPS) is 15.7. The van der Waals surface area contributed by atoms with Gasteiger partial charge in [-0.1, -0.05) is 6.07 Å². The molecule has 0 aromatic heterocycles. The van der Waals surface area contributed by atoms with E-state index in [1.807, 2.05) is 0 Å². The van der Waals surface area contributed by atoms with Gasteiger partial charge >= 0.3 is 0 Å². The summed E-state index contributed by atoms with van der Waals surface area (Å²) in [6.07, 6.45) is 2.57. The third kappa shape index (κ3) is 3.17. The minimum Gasteiger partial charge on any atom is -0.493 e. The molecule has 0 heterocycles. The first-order valence-electron chi connectivity index (χ1n) is 7.08. The van der Waals surface area contributed by atoms with Crippen molar-refractivity contribution in [2.75, 3.05) is 21.3 Å². The lowest BCUT2D eigenvalue weighted by Gasteiger charge is -2.31. The number of carbonyl (C=O) groups excluding carboxylic acids is 2. The predicted molar refractivity (Wildman–Crippen MR) is 78.9 cm³/mol. The first-order valence-corrected chi connectivity index (χ1v) is 7.08. The molecular weight excluding hydrogens is 270 g/mol. The van der Waals surface area contributed by atoms with Crippen LogP contribution < -0.4 is 9.47 Å². The highest BCUT2D eigenvalue weighted by molar-refractivity contribution is 5.98. The van der Waals surface area contributed by atoms with E-state index in [0.717, 1.165) is 12.8 Å². The SMILES string of the molecule is COc1cccc(C(=O)N(C)C2CCC(=O)CC2)c1OC. The third-order valence-electron chi connectivity index (χ3n) is 4.01. The van der Waals surface area contributed by atoms with Crippen LogP contribution in [0.5, 0.6) is 11.5 Å². The first-order chi connectivity index (χ1) is 10.1. The molecule has 0 N–H and O–H groups in total. The highest BCUT2D eigenvalue weighted by atomic mass is 16.5. The van der Waals surface area contributed by atoms with E-state index in [9.17, 15) is 9.59 Å². The molecule has 1 aliphatic carbocycles. The number of nitrogens with zero attached hydrogens (tertiary/aromatic N) is 1. The molecule has 5 heteroatoms. The van der Waals surface area contributed by atoms with Crippen LogP contribution in [0.15, 0.2) is 18.2 Å². The van der Waals surface area contributed by atoms with Crippen LogP contribution in [0.25, 0.3) is 0 Å². The number of amides is 1. The number of Topliss-reactive ketones (excluding diaryl/α,β-unsaturated/α-hetero) is 1. The van der Waals surface area contributed by atoms with Gasteiger partial charge in [-0.2, -0.15) is 0 Å². The number of para-hydroxylation sites is 1. The largest absolute Gasteiger partial charge is 0.493 e. The number of methoxy groups -OCH3 is 2. The summed E-state index contributed by atoms with van der Waals surface area (Å²) in [6.45, 7) is 0. The summed E-state index contributed by atoms with van der Waals surface area (Å²) in [4.78, 5) is 25.7. The molecule has 21 heavy (non-hydrogen) atoms. The summed E-state index contributed by atoms with van der Waals surface area (Å²) in [5, 5.41) is 0. The Morgan fingerprint density at radius 2 is 1.86 bits per heavy atom. The maximum absolute atomic E-state index is 12.7. The monoisotopic (exact) mass is 291 g/mol. The molecule has 2 rings (SSSR count). The Labute approximate surface area is 124 Å². The highest BCUT2D eigenvalue weighted by Crippen LogP contribution is 2.32.